The van der Waals surface area contributed by atoms with Crippen LogP contribution in [0.15, 0.2) is 18.3 Å². The summed E-state index contributed by atoms with van der Waals surface area (Å²) in [5, 5.41) is 3.43. The summed E-state index contributed by atoms with van der Waals surface area (Å²) in [7, 11) is 0. The molecule has 20 heavy (non-hydrogen) atoms. The molecule has 1 aliphatic rings. The molecular weight excluding hydrogens is 246 g/mol. The maximum atomic E-state index is 4.62. The summed E-state index contributed by atoms with van der Waals surface area (Å²) in [5.41, 5.74) is 2.47. The van der Waals surface area contributed by atoms with E-state index < -0.39 is 0 Å². The van der Waals surface area contributed by atoms with Gasteiger partial charge in [0.15, 0.2) is 0 Å². The smallest absolute Gasteiger partial charge is 0.0544 e. The van der Waals surface area contributed by atoms with Crippen LogP contribution in [0.4, 0.5) is 0 Å². The minimum atomic E-state index is 0.522. The third-order valence-corrected chi connectivity index (χ3v) is 4.10. The molecular formula is C17H29N3. The second-order valence-electron chi connectivity index (χ2n) is 6.51. The minimum Gasteiger partial charge on any atom is -0.310 e. The second-order valence-corrected chi connectivity index (χ2v) is 6.51. The molecule has 0 amide bonds. The lowest BCUT2D eigenvalue weighted by atomic mass is 10.0. The summed E-state index contributed by atoms with van der Waals surface area (Å²) >= 11 is 0. The predicted molar refractivity (Wildman–Crippen MR) is 84.5 cm³/mol. The Kier molecular flexibility index (Phi) is 5.99. The number of hydrogen-bond donors (Lipinski definition) is 1. The van der Waals surface area contributed by atoms with Crippen molar-refractivity contribution in [2.45, 2.75) is 59.2 Å². The van der Waals surface area contributed by atoms with E-state index in [0.717, 1.165) is 19.0 Å². The summed E-state index contributed by atoms with van der Waals surface area (Å²) in [6.45, 7) is 11.1. The molecule has 3 heteroatoms. The number of likely N-dealkylation sites (tertiary alicyclic amines) is 1. The number of hydrogen-bond acceptors (Lipinski definition) is 3. The fraction of sp³-hybridized carbons (Fsp3) is 0.706. The molecule has 1 aromatic heterocycles. The van der Waals surface area contributed by atoms with Crippen molar-refractivity contribution in [3.63, 3.8) is 0 Å². The average molecular weight is 275 g/mol. The lowest BCUT2D eigenvalue weighted by Gasteiger charge is -2.19. The Labute approximate surface area is 123 Å². The quantitative estimate of drug-likeness (QED) is 0.894. The Morgan fingerprint density at radius 2 is 2.15 bits per heavy atom. The first-order chi connectivity index (χ1) is 9.63. The van der Waals surface area contributed by atoms with Gasteiger partial charge in [0.1, 0.15) is 0 Å². The van der Waals surface area contributed by atoms with Gasteiger partial charge in [0, 0.05) is 25.3 Å². The van der Waals surface area contributed by atoms with Gasteiger partial charge in [-0.25, -0.2) is 0 Å². The Morgan fingerprint density at radius 1 is 1.30 bits per heavy atom. The number of rotatable bonds is 5. The van der Waals surface area contributed by atoms with Crippen molar-refractivity contribution in [1.29, 1.82) is 0 Å². The molecule has 0 spiro atoms. The molecule has 1 saturated heterocycles. The third-order valence-electron chi connectivity index (χ3n) is 4.10. The van der Waals surface area contributed by atoms with Crippen LogP contribution in [0.2, 0.25) is 0 Å². The van der Waals surface area contributed by atoms with Gasteiger partial charge in [-0.2, -0.15) is 0 Å². The molecule has 1 atom stereocenters. The summed E-state index contributed by atoms with van der Waals surface area (Å²) in [5.74, 6) is 0.887. The van der Waals surface area contributed by atoms with E-state index in [1.54, 1.807) is 0 Å². The van der Waals surface area contributed by atoms with Crippen molar-refractivity contribution >= 4 is 0 Å². The molecule has 3 nitrogen and oxygen atoms in total. The maximum absolute atomic E-state index is 4.62. The average Bonchev–Trinajstić information content (AvgIpc) is 2.63. The molecule has 1 aromatic rings. The number of pyridine rings is 1. The number of aromatic nitrogens is 1. The zero-order valence-corrected chi connectivity index (χ0v) is 13.2. The maximum Gasteiger partial charge on any atom is 0.0544 e. The van der Waals surface area contributed by atoms with Crippen LogP contribution in [-0.4, -0.2) is 29.0 Å². The zero-order valence-electron chi connectivity index (χ0n) is 13.2. The molecule has 1 fully saturated rings. The van der Waals surface area contributed by atoms with Crippen molar-refractivity contribution in [3.05, 3.63) is 29.6 Å². The van der Waals surface area contributed by atoms with Crippen LogP contribution in [0.5, 0.6) is 0 Å². The summed E-state index contributed by atoms with van der Waals surface area (Å²) < 4.78 is 0. The fourth-order valence-electron chi connectivity index (χ4n) is 2.68. The lowest BCUT2D eigenvalue weighted by Crippen LogP contribution is -2.25. The normalized spacial score (nSPS) is 21.1. The van der Waals surface area contributed by atoms with Crippen LogP contribution in [0.25, 0.3) is 0 Å². The van der Waals surface area contributed by atoms with Gasteiger partial charge in [-0.3, -0.25) is 9.88 Å². The van der Waals surface area contributed by atoms with E-state index in [9.17, 15) is 0 Å². The third kappa shape index (κ3) is 5.22. The van der Waals surface area contributed by atoms with Crippen LogP contribution in [0.1, 0.15) is 51.3 Å². The van der Waals surface area contributed by atoms with E-state index >= 15 is 0 Å². The summed E-state index contributed by atoms with van der Waals surface area (Å²) in [4.78, 5) is 7.17. The van der Waals surface area contributed by atoms with E-state index in [-0.39, 0.29) is 0 Å². The number of nitrogens with zero attached hydrogens (tertiary/aromatic N) is 2. The van der Waals surface area contributed by atoms with Gasteiger partial charge in [-0.15, -0.1) is 0 Å². The predicted octanol–water partition coefficient (Wildman–Crippen LogP) is 3.20. The van der Waals surface area contributed by atoms with E-state index in [2.05, 4.69) is 48.1 Å². The molecule has 0 aliphatic carbocycles. The molecule has 0 bridgehead atoms. The minimum absolute atomic E-state index is 0.522. The van der Waals surface area contributed by atoms with Gasteiger partial charge in [0.05, 0.1) is 5.69 Å². The van der Waals surface area contributed by atoms with Crippen LogP contribution < -0.4 is 5.32 Å². The van der Waals surface area contributed by atoms with Crippen LogP contribution in [0, 0.1) is 5.92 Å². The van der Waals surface area contributed by atoms with Gasteiger partial charge < -0.3 is 5.32 Å². The molecule has 2 heterocycles. The summed E-state index contributed by atoms with van der Waals surface area (Å²) in [6.07, 6.45) is 6.06. The molecule has 0 saturated carbocycles. The van der Waals surface area contributed by atoms with Crippen molar-refractivity contribution in [2.75, 3.05) is 13.1 Å². The van der Waals surface area contributed by atoms with Crippen molar-refractivity contribution < 1.29 is 0 Å². The van der Waals surface area contributed by atoms with E-state index in [4.69, 9.17) is 0 Å². The van der Waals surface area contributed by atoms with E-state index in [1.165, 1.54) is 43.6 Å². The molecule has 1 N–H and O–H groups in total. The largest absolute Gasteiger partial charge is 0.310 e. The lowest BCUT2D eigenvalue weighted by molar-refractivity contribution is 0.270. The molecule has 112 valence electrons. The SMILES string of the molecule is CC1CCCN(Cc2ccc(CNC(C)C)cn2)CC1. The van der Waals surface area contributed by atoms with Gasteiger partial charge in [0.25, 0.3) is 0 Å². The van der Waals surface area contributed by atoms with Crippen LogP contribution in [-0.2, 0) is 13.1 Å². The highest BCUT2D eigenvalue weighted by atomic mass is 15.1. The van der Waals surface area contributed by atoms with Gasteiger partial charge in [-0.1, -0.05) is 26.8 Å². The zero-order chi connectivity index (χ0) is 14.4. The standard InChI is InChI=1S/C17H29N3/c1-14(2)18-11-16-6-7-17(19-12-16)13-20-9-4-5-15(3)8-10-20/h6-7,12,14-15,18H,4-5,8-11,13H2,1-3H3. The van der Waals surface area contributed by atoms with Gasteiger partial charge in [0.2, 0.25) is 0 Å². The van der Waals surface area contributed by atoms with E-state index in [0.29, 0.717) is 6.04 Å². The first kappa shape index (κ1) is 15.5. The Balaban J connectivity index is 1.83. The highest BCUT2D eigenvalue weighted by Crippen LogP contribution is 2.17. The first-order valence-corrected chi connectivity index (χ1v) is 8.03. The molecule has 0 aromatic carbocycles. The van der Waals surface area contributed by atoms with Gasteiger partial charge in [-0.05, 0) is 49.9 Å². The van der Waals surface area contributed by atoms with Crippen molar-refractivity contribution in [1.82, 2.24) is 15.2 Å². The molecule has 2 rings (SSSR count). The van der Waals surface area contributed by atoms with E-state index in [1.807, 2.05) is 6.20 Å². The summed E-state index contributed by atoms with van der Waals surface area (Å²) in [6, 6.07) is 4.91. The second kappa shape index (κ2) is 7.75. The fourth-order valence-corrected chi connectivity index (χ4v) is 2.68. The molecule has 1 unspecified atom stereocenters. The molecule has 1 aliphatic heterocycles. The first-order valence-electron chi connectivity index (χ1n) is 8.03. The highest BCUT2D eigenvalue weighted by Gasteiger charge is 2.14. The van der Waals surface area contributed by atoms with Crippen molar-refractivity contribution in [2.24, 2.45) is 5.92 Å². The number of nitrogens with one attached hydrogen (secondary N) is 1. The highest BCUT2D eigenvalue weighted by molar-refractivity contribution is 5.14. The van der Waals surface area contributed by atoms with Crippen LogP contribution in [0.3, 0.4) is 0 Å². The topological polar surface area (TPSA) is 28.2 Å². The Hall–Kier alpha value is -0.930. The van der Waals surface area contributed by atoms with Gasteiger partial charge >= 0.3 is 0 Å². The monoisotopic (exact) mass is 275 g/mol. The molecule has 0 radical (unpaired) electrons. The Morgan fingerprint density at radius 3 is 2.85 bits per heavy atom. The van der Waals surface area contributed by atoms with Crippen molar-refractivity contribution in [3.8, 4) is 0 Å². The Bertz CT molecular complexity index is 386. The van der Waals surface area contributed by atoms with Crippen LogP contribution >= 0.6 is 0 Å².